The standard InChI is InChI=1S/C13H19N3O3S/c1-2-10-4-5-11(8-12(10)14)20(18,19)16-7-3-6-15-13(17)9-16/h4-5,8H,2-3,6-7,9,14H2,1H3,(H,15,17). The largest absolute Gasteiger partial charge is 0.398 e. The molecule has 0 spiro atoms. The molecule has 110 valence electrons. The Morgan fingerprint density at radius 3 is 2.80 bits per heavy atom. The van der Waals surface area contributed by atoms with Crippen molar-refractivity contribution in [2.45, 2.75) is 24.7 Å². The molecule has 6 nitrogen and oxygen atoms in total. The van der Waals surface area contributed by atoms with Crippen LogP contribution in [-0.2, 0) is 21.2 Å². The van der Waals surface area contributed by atoms with Gasteiger partial charge in [-0.3, -0.25) is 4.79 Å². The third kappa shape index (κ3) is 2.94. The Balaban J connectivity index is 2.34. The normalized spacial score (nSPS) is 17.6. The van der Waals surface area contributed by atoms with Crippen molar-refractivity contribution in [3.63, 3.8) is 0 Å². The fourth-order valence-corrected chi connectivity index (χ4v) is 3.66. The van der Waals surface area contributed by atoms with Gasteiger partial charge in [-0.05, 0) is 30.5 Å². The number of anilines is 1. The molecule has 1 aliphatic heterocycles. The molecule has 1 aliphatic rings. The third-order valence-electron chi connectivity index (χ3n) is 3.36. The van der Waals surface area contributed by atoms with E-state index in [1.165, 1.54) is 10.4 Å². The minimum atomic E-state index is -3.67. The highest BCUT2D eigenvalue weighted by Crippen LogP contribution is 2.22. The van der Waals surface area contributed by atoms with E-state index < -0.39 is 10.0 Å². The average molecular weight is 297 g/mol. The Bertz CT molecular complexity index is 613. The number of hydrogen-bond donors (Lipinski definition) is 2. The molecule has 1 amide bonds. The van der Waals surface area contributed by atoms with Crippen molar-refractivity contribution < 1.29 is 13.2 Å². The van der Waals surface area contributed by atoms with E-state index in [0.717, 1.165) is 12.0 Å². The Morgan fingerprint density at radius 2 is 2.15 bits per heavy atom. The van der Waals surface area contributed by atoms with E-state index in [0.29, 0.717) is 25.2 Å². The van der Waals surface area contributed by atoms with Gasteiger partial charge in [0.2, 0.25) is 15.9 Å². The summed E-state index contributed by atoms with van der Waals surface area (Å²) < 4.78 is 26.3. The smallest absolute Gasteiger partial charge is 0.243 e. The molecule has 0 atom stereocenters. The SMILES string of the molecule is CCc1ccc(S(=O)(=O)N2CCCNC(=O)C2)cc1N. The topological polar surface area (TPSA) is 92.5 Å². The Kier molecular flexibility index (Phi) is 4.29. The molecule has 2 rings (SSSR count). The van der Waals surface area contributed by atoms with Gasteiger partial charge < -0.3 is 11.1 Å². The highest BCUT2D eigenvalue weighted by atomic mass is 32.2. The molecule has 0 unspecified atom stereocenters. The van der Waals surface area contributed by atoms with E-state index in [1.54, 1.807) is 12.1 Å². The van der Waals surface area contributed by atoms with Crippen LogP contribution in [0.25, 0.3) is 0 Å². The van der Waals surface area contributed by atoms with Gasteiger partial charge in [0, 0.05) is 18.8 Å². The van der Waals surface area contributed by atoms with Crippen LogP contribution in [0.3, 0.4) is 0 Å². The molecule has 1 fully saturated rings. The Morgan fingerprint density at radius 1 is 1.40 bits per heavy atom. The number of aryl methyl sites for hydroxylation is 1. The van der Waals surface area contributed by atoms with Gasteiger partial charge in [0.05, 0.1) is 11.4 Å². The van der Waals surface area contributed by atoms with Gasteiger partial charge in [-0.25, -0.2) is 8.42 Å². The number of nitrogen functional groups attached to an aromatic ring is 1. The van der Waals surface area contributed by atoms with E-state index in [4.69, 9.17) is 5.73 Å². The summed E-state index contributed by atoms with van der Waals surface area (Å²) in [5, 5.41) is 2.66. The van der Waals surface area contributed by atoms with Crippen LogP contribution in [0.4, 0.5) is 5.69 Å². The highest BCUT2D eigenvalue weighted by Gasteiger charge is 2.28. The van der Waals surface area contributed by atoms with E-state index in [9.17, 15) is 13.2 Å². The number of rotatable bonds is 3. The van der Waals surface area contributed by atoms with Crippen LogP contribution in [0.2, 0.25) is 0 Å². The zero-order chi connectivity index (χ0) is 14.8. The lowest BCUT2D eigenvalue weighted by molar-refractivity contribution is -0.120. The number of nitrogens with zero attached hydrogens (tertiary/aromatic N) is 1. The number of hydrogen-bond acceptors (Lipinski definition) is 4. The molecule has 0 bridgehead atoms. The summed E-state index contributed by atoms with van der Waals surface area (Å²) in [5.41, 5.74) is 7.23. The maximum absolute atomic E-state index is 12.5. The average Bonchev–Trinajstić information content (AvgIpc) is 2.63. The van der Waals surface area contributed by atoms with Crippen LogP contribution < -0.4 is 11.1 Å². The lowest BCUT2D eigenvalue weighted by atomic mass is 10.1. The summed E-state index contributed by atoms with van der Waals surface area (Å²) in [6.07, 6.45) is 1.35. The number of benzene rings is 1. The van der Waals surface area contributed by atoms with Gasteiger partial charge >= 0.3 is 0 Å². The van der Waals surface area contributed by atoms with E-state index in [2.05, 4.69) is 5.32 Å². The van der Waals surface area contributed by atoms with Crippen LogP contribution in [-0.4, -0.2) is 38.3 Å². The van der Waals surface area contributed by atoms with E-state index >= 15 is 0 Å². The number of carbonyl (C=O) groups is 1. The van der Waals surface area contributed by atoms with Gasteiger partial charge in [0.25, 0.3) is 0 Å². The van der Waals surface area contributed by atoms with E-state index in [-0.39, 0.29) is 17.3 Å². The fraction of sp³-hybridized carbons (Fsp3) is 0.462. The van der Waals surface area contributed by atoms with Crippen molar-refractivity contribution in [2.24, 2.45) is 0 Å². The summed E-state index contributed by atoms with van der Waals surface area (Å²) in [7, 11) is -3.67. The quantitative estimate of drug-likeness (QED) is 0.787. The van der Waals surface area contributed by atoms with Crippen molar-refractivity contribution in [3.8, 4) is 0 Å². The van der Waals surface area contributed by atoms with Gasteiger partial charge in [-0.15, -0.1) is 0 Å². The number of amides is 1. The molecular weight excluding hydrogens is 278 g/mol. The fourth-order valence-electron chi connectivity index (χ4n) is 2.19. The first kappa shape index (κ1) is 14.8. The minimum absolute atomic E-state index is 0.141. The third-order valence-corrected chi connectivity index (χ3v) is 5.20. The molecule has 1 aromatic rings. The first-order chi connectivity index (χ1) is 9.45. The second-order valence-electron chi connectivity index (χ2n) is 4.76. The second kappa shape index (κ2) is 5.80. The highest BCUT2D eigenvalue weighted by molar-refractivity contribution is 7.89. The summed E-state index contributed by atoms with van der Waals surface area (Å²) in [6, 6.07) is 4.74. The second-order valence-corrected chi connectivity index (χ2v) is 6.69. The molecule has 20 heavy (non-hydrogen) atoms. The molecule has 0 saturated carbocycles. The summed E-state index contributed by atoms with van der Waals surface area (Å²) in [5.74, 6) is -0.274. The van der Waals surface area contributed by atoms with Gasteiger partial charge in [-0.2, -0.15) is 4.31 Å². The van der Waals surface area contributed by atoms with Crippen LogP contribution in [0.1, 0.15) is 18.9 Å². The predicted octanol–water partition coefficient (Wildman–Crippen LogP) is 0.342. The summed E-state index contributed by atoms with van der Waals surface area (Å²) in [6.45, 7) is 2.65. The van der Waals surface area contributed by atoms with Crippen LogP contribution in [0.5, 0.6) is 0 Å². The van der Waals surface area contributed by atoms with Crippen molar-refractivity contribution in [1.82, 2.24) is 9.62 Å². The van der Waals surface area contributed by atoms with E-state index in [1.807, 2.05) is 6.92 Å². The minimum Gasteiger partial charge on any atom is -0.398 e. The molecule has 1 heterocycles. The van der Waals surface area contributed by atoms with Gasteiger partial charge in [0.1, 0.15) is 0 Å². The summed E-state index contributed by atoms with van der Waals surface area (Å²) >= 11 is 0. The lowest BCUT2D eigenvalue weighted by Crippen LogP contribution is -2.37. The zero-order valence-electron chi connectivity index (χ0n) is 11.4. The molecule has 0 aliphatic carbocycles. The molecule has 7 heteroatoms. The first-order valence-corrected chi connectivity index (χ1v) is 8.04. The van der Waals surface area contributed by atoms with Crippen molar-refractivity contribution >= 4 is 21.6 Å². The molecular formula is C13H19N3O3S. The Hall–Kier alpha value is -1.60. The molecule has 1 aromatic carbocycles. The Labute approximate surface area is 119 Å². The first-order valence-electron chi connectivity index (χ1n) is 6.60. The van der Waals surface area contributed by atoms with Crippen molar-refractivity contribution in [2.75, 3.05) is 25.4 Å². The van der Waals surface area contributed by atoms with Crippen molar-refractivity contribution in [3.05, 3.63) is 23.8 Å². The molecule has 0 radical (unpaired) electrons. The molecule has 3 N–H and O–H groups in total. The van der Waals surface area contributed by atoms with Crippen LogP contribution in [0, 0.1) is 0 Å². The monoisotopic (exact) mass is 297 g/mol. The lowest BCUT2D eigenvalue weighted by Gasteiger charge is -2.19. The zero-order valence-corrected chi connectivity index (χ0v) is 12.2. The number of nitrogens with two attached hydrogens (primary N) is 1. The van der Waals surface area contributed by atoms with Gasteiger partial charge in [0.15, 0.2) is 0 Å². The number of carbonyl (C=O) groups excluding carboxylic acids is 1. The van der Waals surface area contributed by atoms with Crippen LogP contribution >= 0.6 is 0 Å². The number of nitrogens with one attached hydrogen (secondary N) is 1. The predicted molar refractivity (Wildman–Crippen MR) is 76.6 cm³/mol. The summed E-state index contributed by atoms with van der Waals surface area (Å²) in [4.78, 5) is 11.6. The maximum atomic E-state index is 12.5. The molecule has 0 aromatic heterocycles. The number of sulfonamides is 1. The molecule has 1 saturated heterocycles. The van der Waals surface area contributed by atoms with Crippen molar-refractivity contribution in [1.29, 1.82) is 0 Å². The maximum Gasteiger partial charge on any atom is 0.243 e. The van der Waals surface area contributed by atoms with Crippen LogP contribution in [0.15, 0.2) is 23.1 Å². The van der Waals surface area contributed by atoms with Gasteiger partial charge in [-0.1, -0.05) is 13.0 Å².